The average Bonchev–Trinajstić information content (AvgIpc) is 3.10. The summed E-state index contributed by atoms with van der Waals surface area (Å²) in [5.41, 5.74) is 1.96. The number of hydrogen-bond acceptors (Lipinski definition) is 1. The van der Waals surface area contributed by atoms with Gasteiger partial charge in [-0.1, -0.05) is 17.7 Å². The van der Waals surface area contributed by atoms with Crippen molar-refractivity contribution in [3.8, 4) is 0 Å². The van der Waals surface area contributed by atoms with Gasteiger partial charge in [-0.05, 0) is 51.7 Å². The van der Waals surface area contributed by atoms with Crippen molar-refractivity contribution in [1.29, 1.82) is 0 Å². The first-order valence-corrected chi connectivity index (χ1v) is 7.55. The molecule has 1 heterocycles. The molecule has 3 rings (SSSR count). The lowest BCUT2D eigenvalue weighted by Gasteiger charge is -2.30. The van der Waals surface area contributed by atoms with Gasteiger partial charge >= 0.3 is 0 Å². The number of hydrogen-bond donors (Lipinski definition) is 0. The van der Waals surface area contributed by atoms with Crippen LogP contribution in [0.25, 0.3) is 11.0 Å². The zero-order chi connectivity index (χ0) is 13.8. The highest BCUT2D eigenvalue weighted by Gasteiger charge is 2.41. The fourth-order valence-corrected chi connectivity index (χ4v) is 3.33. The summed E-state index contributed by atoms with van der Waals surface area (Å²) >= 11 is 12.7. The van der Waals surface area contributed by atoms with Crippen LogP contribution in [0.5, 0.6) is 0 Å². The minimum Gasteiger partial charge on any atom is -0.320 e. The summed E-state index contributed by atoms with van der Waals surface area (Å²) in [6.45, 7) is 6.49. The van der Waals surface area contributed by atoms with Gasteiger partial charge in [0.2, 0.25) is 0 Å². The van der Waals surface area contributed by atoms with Gasteiger partial charge in [0, 0.05) is 5.54 Å². The smallest absolute Gasteiger partial charge is 0.128 e. The molecule has 0 spiro atoms. The number of fused-ring (bicyclic) bond motifs is 1. The second-order valence-electron chi connectivity index (χ2n) is 5.96. The first-order valence-electron chi connectivity index (χ1n) is 6.74. The van der Waals surface area contributed by atoms with Crippen LogP contribution < -0.4 is 0 Å². The van der Waals surface area contributed by atoms with Crippen LogP contribution in [0.15, 0.2) is 18.2 Å². The fourth-order valence-electron chi connectivity index (χ4n) is 2.93. The average molecular weight is 297 g/mol. The Balaban J connectivity index is 2.33. The van der Waals surface area contributed by atoms with Gasteiger partial charge in [0.25, 0.3) is 0 Å². The summed E-state index contributed by atoms with van der Waals surface area (Å²) in [4.78, 5) is 4.70. The van der Waals surface area contributed by atoms with E-state index in [0.717, 1.165) is 21.9 Å². The molecule has 1 saturated carbocycles. The van der Waals surface area contributed by atoms with Gasteiger partial charge in [0.1, 0.15) is 5.82 Å². The number of alkyl halides is 1. The molecule has 2 aromatic rings. The summed E-state index contributed by atoms with van der Waals surface area (Å²) < 4.78 is 2.26. The Morgan fingerprint density at radius 1 is 1.37 bits per heavy atom. The third kappa shape index (κ3) is 2.05. The molecular weight excluding hydrogens is 279 g/mol. The Morgan fingerprint density at radius 3 is 2.63 bits per heavy atom. The van der Waals surface area contributed by atoms with Crippen molar-refractivity contribution in [2.75, 3.05) is 0 Å². The maximum Gasteiger partial charge on any atom is 0.128 e. The van der Waals surface area contributed by atoms with E-state index in [9.17, 15) is 0 Å². The van der Waals surface area contributed by atoms with Gasteiger partial charge in [-0.2, -0.15) is 0 Å². The number of imidazole rings is 1. The van der Waals surface area contributed by atoms with Crippen LogP contribution in [-0.4, -0.2) is 9.55 Å². The van der Waals surface area contributed by atoms with Crippen molar-refractivity contribution in [3.05, 3.63) is 29.0 Å². The first-order chi connectivity index (χ1) is 8.93. The molecule has 1 atom stereocenters. The lowest BCUT2D eigenvalue weighted by atomic mass is 9.97. The molecule has 0 amide bonds. The third-order valence-corrected chi connectivity index (χ3v) is 4.66. The van der Waals surface area contributed by atoms with Crippen molar-refractivity contribution >= 4 is 34.2 Å². The van der Waals surface area contributed by atoms with Crippen LogP contribution in [0, 0.1) is 5.92 Å². The SMILES string of the molecule is CC(Cl)c1nc2cccc(Cl)c2n1C(C)(C)C1CC1. The molecule has 1 aromatic carbocycles. The topological polar surface area (TPSA) is 17.8 Å². The first kappa shape index (κ1) is 13.3. The number of para-hydroxylation sites is 1. The van der Waals surface area contributed by atoms with Crippen molar-refractivity contribution in [2.45, 2.75) is 44.5 Å². The monoisotopic (exact) mass is 296 g/mol. The Bertz CT molecular complexity index is 624. The molecule has 1 aliphatic rings. The van der Waals surface area contributed by atoms with E-state index >= 15 is 0 Å². The summed E-state index contributed by atoms with van der Waals surface area (Å²) in [6.07, 6.45) is 2.54. The van der Waals surface area contributed by atoms with E-state index in [1.54, 1.807) is 0 Å². The lowest BCUT2D eigenvalue weighted by Crippen LogP contribution is -2.30. The van der Waals surface area contributed by atoms with Crippen molar-refractivity contribution < 1.29 is 0 Å². The standard InChI is InChI=1S/C15H18Cl2N2/c1-9(16)14-18-12-6-4-5-11(17)13(12)19(14)15(2,3)10-7-8-10/h4-6,9-10H,7-8H2,1-3H3. The van der Waals surface area contributed by atoms with E-state index in [0.29, 0.717) is 5.92 Å². The predicted octanol–water partition coefficient (Wildman–Crippen LogP) is 5.13. The second kappa shape index (κ2) is 4.39. The fraction of sp³-hybridized carbons (Fsp3) is 0.533. The zero-order valence-electron chi connectivity index (χ0n) is 11.5. The van der Waals surface area contributed by atoms with Gasteiger partial charge in [-0.25, -0.2) is 4.98 Å². The molecular formula is C15H18Cl2N2. The summed E-state index contributed by atoms with van der Waals surface area (Å²) in [7, 11) is 0. The molecule has 1 unspecified atom stereocenters. The van der Waals surface area contributed by atoms with E-state index in [-0.39, 0.29) is 10.9 Å². The van der Waals surface area contributed by atoms with Crippen molar-refractivity contribution in [2.24, 2.45) is 5.92 Å². The number of aromatic nitrogens is 2. The van der Waals surface area contributed by atoms with Gasteiger partial charge in [-0.15, -0.1) is 11.6 Å². The van der Waals surface area contributed by atoms with E-state index in [1.807, 2.05) is 25.1 Å². The minimum absolute atomic E-state index is 0.0121. The normalized spacial score (nSPS) is 17.9. The predicted molar refractivity (Wildman–Crippen MR) is 81.1 cm³/mol. The molecule has 0 aliphatic heterocycles. The molecule has 1 aliphatic carbocycles. The van der Waals surface area contributed by atoms with Gasteiger partial charge < -0.3 is 4.57 Å². The molecule has 0 bridgehead atoms. The van der Waals surface area contributed by atoms with Gasteiger partial charge in [0.15, 0.2) is 0 Å². The number of rotatable bonds is 3. The summed E-state index contributed by atoms with van der Waals surface area (Å²) in [6, 6.07) is 5.87. The quantitative estimate of drug-likeness (QED) is 0.718. The van der Waals surface area contributed by atoms with Crippen LogP contribution in [0.1, 0.15) is 44.8 Å². The summed E-state index contributed by atoms with van der Waals surface area (Å²) in [5.74, 6) is 1.61. The number of nitrogens with zero attached hydrogens (tertiary/aromatic N) is 2. The molecule has 2 nitrogen and oxygen atoms in total. The largest absolute Gasteiger partial charge is 0.320 e. The minimum atomic E-state index is -0.124. The van der Waals surface area contributed by atoms with Crippen molar-refractivity contribution in [3.63, 3.8) is 0 Å². The Morgan fingerprint density at radius 2 is 2.05 bits per heavy atom. The van der Waals surface area contributed by atoms with E-state index < -0.39 is 0 Å². The molecule has 1 aromatic heterocycles. The second-order valence-corrected chi connectivity index (χ2v) is 7.02. The van der Waals surface area contributed by atoms with Gasteiger partial charge in [0.05, 0.1) is 21.4 Å². The zero-order valence-corrected chi connectivity index (χ0v) is 13.0. The maximum absolute atomic E-state index is 6.41. The molecule has 0 N–H and O–H groups in total. The third-order valence-electron chi connectivity index (χ3n) is 4.16. The molecule has 0 radical (unpaired) electrons. The molecule has 19 heavy (non-hydrogen) atoms. The van der Waals surface area contributed by atoms with Crippen LogP contribution in [-0.2, 0) is 5.54 Å². The van der Waals surface area contributed by atoms with Crippen LogP contribution in [0.3, 0.4) is 0 Å². The maximum atomic E-state index is 6.41. The van der Waals surface area contributed by atoms with Crippen molar-refractivity contribution in [1.82, 2.24) is 9.55 Å². The van der Waals surface area contributed by atoms with E-state index in [1.165, 1.54) is 12.8 Å². The highest BCUT2D eigenvalue weighted by atomic mass is 35.5. The Kier molecular flexibility index (Phi) is 3.06. The Hall–Kier alpha value is -0.730. The highest BCUT2D eigenvalue weighted by molar-refractivity contribution is 6.35. The van der Waals surface area contributed by atoms with E-state index in [4.69, 9.17) is 28.2 Å². The highest BCUT2D eigenvalue weighted by Crippen LogP contribution is 2.47. The number of benzene rings is 1. The summed E-state index contributed by atoms with van der Waals surface area (Å²) in [5, 5.41) is 0.629. The van der Waals surface area contributed by atoms with E-state index in [2.05, 4.69) is 18.4 Å². The molecule has 102 valence electrons. The number of halogens is 2. The van der Waals surface area contributed by atoms with Gasteiger partial charge in [-0.3, -0.25) is 0 Å². The van der Waals surface area contributed by atoms with Crippen LogP contribution >= 0.6 is 23.2 Å². The van der Waals surface area contributed by atoms with Crippen LogP contribution in [0.2, 0.25) is 5.02 Å². The molecule has 0 saturated heterocycles. The Labute approximate surface area is 123 Å². The molecule has 1 fully saturated rings. The molecule has 4 heteroatoms. The van der Waals surface area contributed by atoms with Crippen LogP contribution in [0.4, 0.5) is 0 Å². The lowest BCUT2D eigenvalue weighted by molar-refractivity contribution is 0.304.